The Hall–Kier alpha value is -2.96. The van der Waals surface area contributed by atoms with Crippen molar-refractivity contribution in [2.45, 2.75) is 37.6 Å². The average Bonchev–Trinajstić information content (AvgIpc) is 3.05. The van der Waals surface area contributed by atoms with Crippen LogP contribution in [-0.4, -0.2) is 39.7 Å². The number of halogens is 1. The first-order chi connectivity index (χ1) is 14.5. The lowest BCUT2D eigenvalue weighted by atomic mass is 9.76. The van der Waals surface area contributed by atoms with E-state index in [0.717, 1.165) is 29.3 Å². The van der Waals surface area contributed by atoms with Crippen LogP contribution in [0.3, 0.4) is 0 Å². The zero-order valence-corrected chi connectivity index (χ0v) is 16.4. The van der Waals surface area contributed by atoms with E-state index in [1.165, 1.54) is 23.1 Å². The van der Waals surface area contributed by atoms with Gasteiger partial charge in [-0.25, -0.2) is 9.18 Å². The molecule has 3 aromatic rings. The minimum atomic E-state index is -1.05. The van der Waals surface area contributed by atoms with Crippen molar-refractivity contribution < 1.29 is 19.0 Å². The number of nitrogens with one attached hydrogen (secondary N) is 1. The molecule has 1 saturated heterocycles. The molecule has 0 saturated carbocycles. The van der Waals surface area contributed by atoms with Gasteiger partial charge in [-0.2, -0.15) is 0 Å². The van der Waals surface area contributed by atoms with Gasteiger partial charge < -0.3 is 14.8 Å². The van der Waals surface area contributed by atoms with Gasteiger partial charge in [0.1, 0.15) is 11.9 Å². The zero-order valence-electron chi connectivity index (χ0n) is 16.4. The first-order valence-corrected chi connectivity index (χ1v) is 10.3. The Bertz CT molecular complexity index is 1230. The predicted molar refractivity (Wildman–Crippen MR) is 111 cm³/mol. The molecule has 0 bridgehead atoms. The van der Waals surface area contributed by atoms with Gasteiger partial charge in [-0.1, -0.05) is 18.2 Å². The van der Waals surface area contributed by atoms with E-state index in [9.17, 15) is 4.79 Å². The van der Waals surface area contributed by atoms with Crippen molar-refractivity contribution in [3.8, 4) is 0 Å². The molecule has 0 spiro atoms. The highest BCUT2D eigenvalue weighted by atomic mass is 19.1. The van der Waals surface area contributed by atoms with Crippen molar-refractivity contribution >= 4 is 22.9 Å². The molecular formula is C24H21FN2O3. The zero-order chi connectivity index (χ0) is 20.6. The summed E-state index contributed by atoms with van der Waals surface area (Å²) in [4.78, 5) is 16.9. The summed E-state index contributed by atoms with van der Waals surface area (Å²) >= 11 is 0. The van der Waals surface area contributed by atoms with E-state index in [1.807, 2.05) is 18.2 Å². The minimum Gasteiger partial charge on any atom is -0.478 e. The number of aromatic nitrogens is 1. The summed E-state index contributed by atoms with van der Waals surface area (Å²) in [5.41, 5.74) is 5.41. The van der Waals surface area contributed by atoms with Crippen molar-refractivity contribution in [3.05, 3.63) is 76.2 Å². The Kier molecular flexibility index (Phi) is 3.73. The predicted octanol–water partition coefficient (Wildman–Crippen LogP) is 4.19. The monoisotopic (exact) mass is 404 g/mol. The van der Waals surface area contributed by atoms with Crippen LogP contribution < -0.4 is 0 Å². The number of fused-ring (bicyclic) bond motifs is 10. The SMILES string of the molecule is C[C@@H]1Cc2c([nH]c3ccccc23)[C@H]2c3c(F)cc(/C=C/C(=O)O)cc3C3OCC3N21. The normalized spacial score (nSPS) is 27.3. The third-order valence-electron chi connectivity index (χ3n) is 6.79. The van der Waals surface area contributed by atoms with Gasteiger partial charge in [0.2, 0.25) is 0 Å². The van der Waals surface area contributed by atoms with Crippen molar-refractivity contribution in [1.82, 2.24) is 9.88 Å². The lowest BCUT2D eigenvalue weighted by Gasteiger charge is -2.56. The molecule has 5 nitrogen and oxygen atoms in total. The molecule has 3 aliphatic rings. The largest absolute Gasteiger partial charge is 0.478 e. The standard InChI is InChI=1S/C24H21FN2O3/c1-12-8-15-14-4-2-3-5-18(14)26-22(15)23-21-16(24-19(11-30-24)27(12)23)9-13(10-17(21)25)6-7-20(28)29/h2-7,9-10,12,19,23-24,26H,8,11H2,1H3,(H,28,29)/b7-6+/t12-,19?,23-,24?/m1/s1. The van der Waals surface area contributed by atoms with Crippen LogP contribution in [0.4, 0.5) is 4.39 Å². The van der Waals surface area contributed by atoms with E-state index >= 15 is 4.39 Å². The summed E-state index contributed by atoms with van der Waals surface area (Å²) in [7, 11) is 0. The van der Waals surface area contributed by atoms with Gasteiger partial charge in [0.25, 0.3) is 0 Å². The second-order valence-electron chi connectivity index (χ2n) is 8.46. The fourth-order valence-corrected chi connectivity index (χ4v) is 5.56. The molecule has 0 aliphatic carbocycles. The number of hydrogen-bond donors (Lipinski definition) is 2. The molecule has 4 heterocycles. The molecule has 1 fully saturated rings. The van der Waals surface area contributed by atoms with Gasteiger partial charge in [0, 0.05) is 34.3 Å². The maximum atomic E-state index is 15.6. The van der Waals surface area contributed by atoms with Gasteiger partial charge in [0.05, 0.1) is 18.7 Å². The summed E-state index contributed by atoms with van der Waals surface area (Å²) in [6, 6.07) is 11.8. The lowest BCUT2D eigenvalue weighted by molar-refractivity contribution is -0.168. The molecule has 152 valence electrons. The van der Waals surface area contributed by atoms with E-state index < -0.39 is 5.97 Å². The maximum Gasteiger partial charge on any atom is 0.328 e. The fourth-order valence-electron chi connectivity index (χ4n) is 5.56. The van der Waals surface area contributed by atoms with E-state index in [4.69, 9.17) is 9.84 Å². The highest BCUT2D eigenvalue weighted by Crippen LogP contribution is 2.53. The summed E-state index contributed by atoms with van der Waals surface area (Å²) in [5.74, 6) is -1.37. The molecule has 1 aromatic heterocycles. The summed E-state index contributed by atoms with van der Waals surface area (Å²) in [5, 5.41) is 10.1. The van der Waals surface area contributed by atoms with Crippen LogP contribution in [0.5, 0.6) is 0 Å². The molecule has 0 amide bonds. The van der Waals surface area contributed by atoms with Crippen molar-refractivity contribution in [2.75, 3.05) is 6.61 Å². The summed E-state index contributed by atoms with van der Waals surface area (Å²) < 4.78 is 21.4. The summed E-state index contributed by atoms with van der Waals surface area (Å²) in [6.07, 6.45) is 3.20. The molecule has 2 N–H and O–H groups in total. The number of para-hydroxylation sites is 1. The quantitative estimate of drug-likeness (QED) is 0.629. The number of H-pyrrole nitrogens is 1. The second kappa shape index (κ2) is 6.27. The van der Waals surface area contributed by atoms with Crippen molar-refractivity contribution in [3.63, 3.8) is 0 Å². The third-order valence-corrected chi connectivity index (χ3v) is 6.79. The first-order valence-electron chi connectivity index (χ1n) is 10.3. The first kappa shape index (κ1) is 17.9. The average molecular weight is 404 g/mol. The van der Waals surface area contributed by atoms with Gasteiger partial charge >= 0.3 is 5.97 Å². The molecule has 4 atom stereocenters. The van der Waals surface area contributed by atoms with Crippen LogP contribution in [0.25, 0.3) is 17.0 Å². The Morgan fingerprint density at radius 3 is 2.93 bits per heavy atom. The van der Waals surface area contributed by atoms with E-state index in [1.54, 1.807) is 0 Å². The molecule has 6 rings (SSSR count). The minimum absolute atomic E-state index is 0.183. The van der Waals surface area contributed by atoms with E-state index in [2.05, 4.69) is 28.9 Å². The number of hydrogen-bond acceptors (Lipinski definition) is 3. The Balaban J connectivity index is 1.58. The molecule has 30 heavy (non-hydrogen) atoms. The van der Waals surface area contributed by atoms with Gasteiger partial charge in [-0.15, -0.1) is 0 Å². The van der Waals surface area contributed by atoms with E-state index in [0.29, 0.717) is 17.7 Å². The highest BCUT2D eigenvalue weighted by molar-refractivity contribution is 5.86. The Morgan fingerprint density at radius 2 is 2.17 bits per heavy atom. The Morgan fingerprint density at radius 1 is 1.33 bits per heavy atom. The van der Waals surface area contributed by atoms with Crippen LogP contribution in [0, 0.1) is 5.82 Å². The van der Waals surface area contributed by atoms with Gasteiger partial charge in [-0.3, -0.25) is 4.90 Å². The van der Waals surface area contributed by atoms with Gasteiger partial charge in [0.15, 0.2) is 0 Å². The van der Waals surface area contributed by atoms with Crippen LogP contribution in [-0.2, 0) is 16.0 Å². The number of carboxylic acids is 1. The number of rotatable bonds is 2. The smallest absolute Gasteiger partial charge is 0.328 e. The third kappa shape index (κ3) is 2.38. The fraction of sp³-hybridized carbons (Fsp3) is 0.292. The molecule has 6 heteroatoms. The topological polar surface area (TPSA) is 65.6 Å². The number of ether oxygens (including phenoxy) is 1. The summed E-state index contributed by atoms with van der Waals surface area (Å²) in [6.45, 7) is 2.83. The second-order valence-corrected chi connectivity index (χ2v) is 8.46. The number of aromatic amines is 1. The van der Waals surface area contributed by atoms with Gasteiger partial charge in [-0.05, 0) is 54.3 Å². The number of aliphatic carboxylic acids is 1. The lowest BCUT2D eigenvalue weighted by Crippen LogP contribution is -2.60. The molecule has 2 unspecified atom stereocenters. The number of benzene rings is 2. The molecule has 2 aromatic carbocycles. The van der Waals surface area contributed by atoms with Crippen molar-refractivity contribution in [2.24, 2.45) is 0 Å². The van der Waals surface area contributed by atoms with E-state index in [-0.39, 0.29) is 30.0 Å². The molecule has 0 radical (unpaired) electrons. The highest BCUT2D eigenvalue weighted by Gasteiger charge is 2.52. The number of nitrogens with zero attached hydrogens (tertiary/aromatic N) is 1. The molecule has 3 aliphatic heterocycles. The maximum absolute atomic E-state index is 15.6. The number of carbonyl (C=O) groups is 1. The molecular weight excluding hydrogens is 383 g/mol. The number of carboxylic acid groups (broad SMARTS) is 1. The van der Waals surface area contributed by atoms with Crippen LogP contribution in [0.1, 0.15) is 47.0 Å². The van der Waals surface area contributed by atoms with Crippen LogP contribution >= 0.6 is 0 Å². The van der Waals surface area contributed by atoms with Crippen LogP contribution in [0.15, 0.2) is 42.5 Å². The van der Waals surface area contributed by atoms with Crippen molar-refractivity contribution in [1.29, 1.82) is 0 Å². The van der Waals surface area contributed by atoms with Crippen LogP contribution in [0.2, 0.25) is 0 Å². The Labute approximate surface area is 172 Å².